The molecule has 0 amide bonds. The van der Waals surface area contributed by atoms with Crippen molar-refractivity contribution in [3.63, 3.8) is 0 Å². The Bertz CT molecular complexity index is 1170. The molecular weight excluding hydrogens is 352 g/mol. The van der Waals surface area contributed by atoms with E-state index in [0.717, 1.165) is 17.0 Å². The summed E-state index contributed by atoms with van der Waals surface area (Å²) in [6, 6.07) is 23.7. The fourth-order valence-electron chi connectivity index (χ4n) is 3.06. The highest BCUT2D eigenvalue weighted by atomic mass is 32.2. The van der Waals surface area contributed by atoms with Crippen molar-refractivity contribution in [2.75, 3.05) is 0 Å². The van der Waals surface area contributed by atoms with Gasteiger partial charge in [-0.3, -0.25) is 9.36 Å². The Balaban J connectivity index is 1.80. The molecule has 1 aromatic heterocycles. The molecule has 3 aromatic carbocycles. The number of rotatable bonds is 4. The number of nitrogens with zero attached hydrogens (tertiary/aromatic N) is 2. The lowest BCUT2D eigenvalue weighted by atomic mass is 10.1. The highest BCUT2D eigenvalue weighted by molar-refractivity contribution is 7.98. The SMILES string of the molecule is Cc1ccc(CSc2nc3ccccc3c(=O)n2-c2ccccc2)cc1C. The van der Waals surface area contributed by atoms with Crippen LogP contribution in [0.3, 0.4) is 0 Å². The minimum absolute atomic E-state index is 0.0330. The average Bonchev–Trinajstić information content (AvgIpc) is 2.70. The maximum absolute atomic E-state index is 13.2. The number of para-hydroxylation sites is 2. The number of fused-ring (bicyclic) bond motifs is 1. The number of benzene rings is 3. The Morgan fingerprint density at radius 2 is 1.63 bits per heavy atom. The molecule has 4 heteroatoms. The molecule has 27 heavy (non-hydrogen) atoms. The normalized spacial score (nSPS) is 11.0. The molecule has 0 saturated heterocycles. The lowest BCUT2D eigenvalue weighted by Crippen LogP contribution is -2.21. The molecule has 3 nitrogen and oxygen atoms in total. The van der Waals surface area contributed by atoms with Crippen LogP contribution in [-0.2, 0) is 5.75 Å². The quantitative estimate of drug-likeness (QED) is 0.360. The lowest BCUT2D eigenvalue weighted by molar-refractivity contribution is 0.819. The van der Waals surface area contributed by atoms with Crippen LogP contribution in [0.2, 0.25) is 0 Å². The second-order valence-corrected chi connectivity index (χ2v) is 7.54. The predicted molar refractivity (Wildman–Crippen MR) is 113 cm³/mol. The van der Waals surface area contributed by atoms with Crippen molar-refractivity contribution < 1.29 is 0 Å². The van der Waals surface area contributed by atoms with E-state index >= 15 is 0 Å². The summed E-state index contributed by atoms with van der Waals surface area (Å²) in [6.07, 6.45) is 0. The van der Waals surface area contributed by atoms with E-state index < -0.39 is 0 Å². The van der Waals surface area contributed by atoms with Crippen LogP contribution in [0.4, 0.5) is 0 Å². The average molecular weight is 372 g/mol. The van der Waals surface area contributed by atoms with Gasteiger partial charge in [-0.15, -0.1) is 0 Å². The summed E-state index contributed by atoms with van der Waals surface area (Å²) in [5.41, 5.74) is 5.33. The van der Waals surface area contributed by atoms with Crippen LogP contribution in [0, 0.1) is 13.8 Å². The molecule has 4 rings (SSSR count). The Labute approximate surface area is 162 Å². The Kier molecular flexibility index (Phi) is 4.82. The molecule has 134 valence electrons. The van der Waals surface area contributed by atoms with E-state index in [1.54, 1.807) is 16.3 Å². The summed E-state index contributed by atoms with van der Waals surface area (Å²) in [4.78, 5) is 18.0. The van der Waals surface area contributed by atoms with Crippen molar-refractivity contribution >= 4 is 22.7 Å². The number of aromatic nitrogens is 2. The zero-order chi connectivity index (χ0) is 18.8. The summed E-state index contributed by atoms with van der Waals surface area (Å²) in [5, 5.41) is 1.35. The minimum atomic E-state index is -0.0330. The smallest absolute Gasteiger partial charge is 0.266 e. The summed E-state index contributed by atoms with van der Waals surface area (Å²) in [5.74, 6) is 0.763. The van der Waals surface area contributed by atoms with Crippen molar-refractivity contribution in [1.82, 2.24) is 9.55 Å². The zero-order valence-electron chi connectivity index (χ0n) is 15.3. The number of aryl methyl sites for hydroxylation is 2. The molecule has 0 N–H and O–H groups in total. The number of hydrogen-bond donors (Lipinski definition) is 0. The van der Waals surface area contributed by atoms with Crippen molar-refractivity contribution in [3.8, 4) is 5.69 Å². The monoisotopic (exact) mass is 372 g/mol. The Morgan fingerprint density at radius 3 is 2.41 bits per heavy atom. The molecule has 1 heterocycles. The standard InChI is InChI=1S/C23H20N2OS/c1-16-12-13-18(14-17(16)2)15-27-23-24-21-11-7-6-10-20(21)22(26)25(23)19-8-4-3-5-9-19/h3-14H,15H2,1-2H3. The first kappa shape index (κ1) is 17.6. The first-order valence-corrected chi connectivity index (χ1v) is 9.88. The van der Waals surface area contributed by atoms with Gasteiger partial charge in [-0.1, -0.05) is 60.3 Å². The van der Waals surface area contributed by atoms with Crippen molar-refractivity contribution in [2.24, 2.45) is 0 Å². The summed E-state index contributed by atoms with van der Waals surface area (Å²) >= 11 is 1.59. The van der Waals surface area contributed by atoms with Crippen LogP contribution in [0.5, 0.6) is 0 Å². The molecule has 0 bridgehead atoms. The van der Waals surface area contributed by atoms with Gasteiger partial charge in [0.05, 0.1) is 16.6 Å². The van der Waals surface area contributed by atoms with Gasteiger partial charge in [0, 0.05) is 5.75 Å². The molecule has 0 saturated carbocycles. The molecule has 0 spiro atoms. The van der Waals surface area contributed by atoms with Crippen molar-refractivity contribution in [3.05, 3.63) is 99.8 Å². The molecule has 0 aliphatic rings. The van der Waals surface area contributed by atoms with Gasteiger partial charge in [0.15, 0.2) is 5.16 Å². The maximum Gasteiger partial charge on any atom is 0.266 e. The molecule has 0 radical (unpaired) electrons. The van der Waals surface area contributed by atoms with Crippen molar-refractivity contribution in [1.29, 1.82) is 0 Å². The Hall–Kier alpha value is -2.85. The van der Waals surface area contributed by atoms with Crippen LogP contribution >= 0.6 is 11.8 Å². The van der Waals surface area contributed by atoms with E-state index in [4.69, 9.17) is 4.98 Å². The third-order valence-electron chi connectivity index (χ3n) is 4.70. The molecule has 0 aliphatic carbocycles. The lowest BCUT2D eigenvalue weighted by Gasteiger charge is -2.13. The number of hydrogen-bond acceptors (Lipinski definition) is 3. The second kappa shape index (κ2) is 7.41. The largest absolute Gasteiger partial charge is 0.268 e. The van der Waals surface area contributed by atoms with Gasteiger partial charge in [-0.2, -0.15) is 0 Å². The van der Waals surface area contributed by atoms with Crippen LogP contribution in [0.25, 0.3) is 16.6 Å². The van der Waals surface area contributed by atoms with E-state index in [-0.39, 0.29) is 5.56 Å². The van der Waals surface area contributed by atoms with Gasteiger partial charge in [0.2, 0.25) is 0 Å². The van der Waals surface area contributed by atoms with Gasteiger partial charge in [0.25, 0.3) is 5.56 Å². The topological polar surface area (TPSA) is 34.9 Å². The van der Waals surface area contributed by atoms with Gasteiger partial charge in [-0.05, 0) is 54.8 Å². The first-order valence-electron chi connectivity index (χ1n) is 8.89. The highest BCUT2D eigenvalue weighted by Crippen LogP contribution is 2.25. The maximum atomic E-state index is 13.2. The van der Waals surface area contributed by atoms with Gasteiger partial charge < -0.3 is 0 Å². The zero-order valence-corrected chi connectivity index (χ0v) is 16.2. The second-order valence-electron chi connectivity index (χ2n) is 6.59. The first-order chi connectivity index (χ1) is 13.1. The summed E-state index contributed by atoms with van der Waals surface area (Å²) in [6.45, 7) is 4.24. The highest BCUT2D eigenvalue weighted by Gasteiger charge is 2.13. The van der Waals surface area contributed by atoms with E-state index in [0.29, 0.717) is 10.5 Å². The molecule has 4 aromatic rings. The summed E-state index contributed by atoms with van der Waals surface area (Å²) < 4.78 is 1.72. The molecule has 0 unspecified atom stereocenters. The third kappa shape index (κ3) is 3.53. The predicted octanol–water partition coefficient (Wildman–Crippen LogP) is 5.29. The molecule has 0 aliphatic heterocycles. The minimum Gasteiger partial charge on any atom is -0.268 e. The Morgan fingerprint density at radius 1 is 0.889 bits per heavy atom. The number of thioether (sulfide) groups is 1. The van der Waals surface area contributed by atoms with Crippen LogP contribution in [-0.4, -0.2) is 9.55 Å². The van der Waals surface area contributed by atoms with Gasteiger partial charge >= 0.3 is 0 Å². The third-order valence-corrected chi connectivity index (χ3v) is 5.71. The molecular formula is C23H20N2OS. The van der Waals surface area contributed by atoms with Gasteiger partial charge in [-0.25, -0.2) is 4.98 Å². The van der Waals surface area contributed by atoms with Crippen molar-refractivity contribution in [2.45, 2.75) is 24.8 Å². The van der Waals surface area contributed by atoms with E-state index in [2.05, 4.69) is 32.0 Å². The van der Waals surface area contributed by atoms with Crippen LogP contribution in [0.1, 0.15) is 16.7 Å². The summed E-state index contributed by atoms with van der Waals surface area (Å²) in [7, 11) is 0. The fourth-order valence-corrected chi connectivity index (χ4v) is 4.01. The van der Waals surface area contributed by atoms with Crippen LogP contribution in [0.15, 0.2) is 82.7 Å². The molecule has 0 fully saturated rings. The van der Waals surface area contributed by atoms with Crippen LogP contribution < -0.4 is 5.56 Å². The fraction of sp³-hybridized carbons (Fsp3) is 0.130. The van der Waals surface area contributed by atoms with E-state index in [9.17, 15) is 4.79 Å². The molecule has 0 atom stereocenters. The van der Waals surface area contributed by atoms with E-state index in [1.807, 2.05) is 54.6 Å². The van der Waals surface area contributed by atoms with E-state index in [1.165, 1.54) is 16.7 Å². The van der Waals surface area contributed by atoms with Gasteiger partial charge in [0.1, 0.15) is 0 Å².